The highest BCUT2D eigenvalue weighted by atomic mass is 17.1. The Kier molecular flexibility index (Phi) is 5.58. The molecule has 28 heavy (non-hydrogen) atoms. The van der Waals surface area contributed by atoms with E-state index in [1.54, 1.807) is 6.92 Å². The van der Waals surface area contributed by atoms with E-state index >= 15 is 0 Å². The maximum Gasteiger partial charge on any atom is 0.336 e. The Hall–Kier alpha value is -2.26. The van der Waals surface area contributed by atoms with Crippen molar-refractivity contribution in [1.29, 1.82) is 0 Å². The Bertz CT molecular complexity index is 792. The lowest BCUT2D eigenvalue weighted by Gasteiger charge is -2.37. The summed E-state index contributed by atoms with van der Waals surface area (Å²) >= 11 is 0. The van der Waals surface area contributed by atoms with E-state index in [0.29, 0.717) is 5.57 Å². The summed E-state index contributed by atoms with van der Waals surface area (Å²) < 4.78 is 11.1. The monoisotopic (exact) mass is 392 g/mol. The van der Waals surface area contributed by atoms with Gasteiger partial charge in [-0.25, -0.2) is 14.5 Å². The summed E-state index contributed by atoms with van der Waals surface area (Å²) in [5.74, 6) is -2.67. The lowest BCUT2D eigenvalue weighted by Crippen LogP contribution is -2.47. The summed E-state index contributed by atoms with van der Waals surface area (Å²) in [7, 11) is 0. The van der Waals surface area contributed by atoms with Gasteiger partial charge < -0.3 is 19.7 Å². The van der Waals surface area contributed by atoms with Crippen molar-refractivity contribution in [3.63, 3.8) is 0 Å². The number of esters is 2. The molecule has 0 bridgehead atoms. The number of carbonyl (C=O) groups excluding carboxylic acids is 2. The number of allylic oxidation sites excluding steroid dienone is 1. The van der Waals surface area contributed by atoms with E-state index in [1.165, 1.54) is 12.2 Å². The van der Waals surface area contributed by atoms with Gasteiger partial charge in [-0.15, -0.1) is 0 Å². The van der Waals surface area contributed by atoms with Crippen molar-refractivity contribution in [2.45, 2.75) is 38.1 Å². The van der Waals surface area contributed by atoms with Crippen LogP contribution >= 0.6 is 0 Å². The molecule has 152 valence electrons. The maximum absolute atomic E-state index is 12.4. The smallest absolute Gasteiger partial charge is 0.336 e. The molecular formula is C20H24O8. The maximum atomic E-state index is 12.4. The van der Waals surface area contributed by atoms with Crippen molar-refractivity contribution >= 4 is 11.9 Å². The molecule has 1 aliphatic heterocycles. The zero-order valence-corrected chi connectivity index (χ0v) is 15.8. The number of carbonyl (C=O) groups is 2. The van der Waals surface area contributed by atoms with Crippen molar-refractivity contribution in [3.05, 3.63) is 47.1 Å². The van der Waals surface area contributed by atoms with Crippen LogP contribution in [-0.2, 0) is 24.0 Å². The first-order valence-corrected chi connectivity index (χ1v) is 9.02. The Morgan fingerprint density at radius 3 is 2.75 bits per heavy atom. The molecule has 3 rings (SSSR count). The van der Waals surface area contributed by atoms with Gasteiger partial charge in [0.15, 0.2) is 0 Å². The molecule has 5 atom stereocenters. The molecule has 0 unspecified atom stereocenters. The molecule has 3 N–H and O–H groups in total. The molecule has 0 saturated carbocycles. The number of ether oxygens (including phenoxy) is 2. The lowest BCUT2D eigenvalue weighted by molar-refractivity contribution is -0.324. The third-order valence-corrected chi connectivity index (χ3v) is 5.93. The normalized spacial score (nSPS) is 34.8. The predicted molar refractivity (Wildman–Crippen MR) is 96.7 cm³/mol. The van der Waals surface area contributed by atoms with Gasteiger partial charge in [0, 0.05) is 12.0 Å². The van der Waals surface area contributed by atoms with Gasteiger partial charge in [-0.3, -0.25) is 5.26 Å². The molecule has 0 aromatic carbocycles. The molecule has 1 fully saturated rings. The number of rotatable bonds is 5. The van der Waals surface area contributed by atoms with Crippen molar-refractivity contribution in [2.75, 3.05) is 13.2 Å². The van der Waals surface area contributed by atoms with Gasteiger partial charge in [-0.2, -0.15) is 0 Å². The van der Waals surface area contributed by atoms with Gasteiger partial charge in [0.25, 0.3) is 0 Å². The highest BCUT2D eigenvalue weighted by molar-refractivity contribution is 5.92. The van der Waals surface area contributed by atoms with Crippen LogP contribution in [0.3, 0.4) is 0 Å². The van der Waals surface area contributed by atoms with Crippen LogP contribution < -0.4 is 0 Å². The van der Waals surface area contributed by atoms with Crippen LogP contribution in [0.1, 0.15) is 20.3 Å². The van der Waals surface area contributed by atoms with E-state index in [0.717, 1.165) is 5.57 Å². The van der Waals surface area contributed by atoms with E-state index in [-0.39, 0.29) is 17.6 Å². The zero-order valence-electron chi connectivity index (χ0n) is 15.8. The first-order chi connectivity index (χ1) is 13.3. The van der Waals surface area contributed by atoms with Crippen molar-refractivity contribution < 1.29 is 39.4 Å². The zero-order chi connectivity index (χ0) is 20.6. The van der Waals surface area contributed by atoms with Gasteiger partial charge in [0.1, 0.15) is 17.8 Å². The average molecular weight is 392 g/mol. The number of aliphatic hydroxyl groups excluding tert-OH is 2. The average Bonchev–Trinajstić information content (AvgIpc) is 3.12. The van der Waals surface area contributed by atoms with E-state index in [1.807, 2.05) is 13.0 Å². The Morgan fingerprint density at radius 2 is 2.18 bits per heavy atom. The summed E-state index contributed by atoms with van der Waals surface area (Å²) in [5, 5.41) is 29.1. The van der Waals surface area contributed by atoms with Crippen LogP contribution in [0.15, 0.2) is 47.1 Å². The van der Waals surface area contributed by atoms with Crippen LogP contribution in [-0.4, -0.2) is 58.4 Å². The quantitative estimate of drug-likeness (QED) is 0.209. The molecule has 1 saturated heterocycles. The molecule has 8 nitrogen and oxygen atoms in total. The fourth-order valence-electron chi connectivity index (χ4n) is 4.42. The number of aliphatic hydroxyl groups is 2. The summed E-state index contributed by atoms with van der Waals surface area (Å²) in [6.45, 7) is 6.25. The molecule has 2 aliphatic carbocycles. The SMILES string of the molecule is C=C1C(=O)O[C@H]2[C@H]1[C@H](OC(=O)/C(=C\C)CO)C=C(CO)[C@]1(OO)CC=C(C)[C@H]21. The summed E-state index contributed by atoms with van der Waals surface area (Å²) in [6.07, 6.45) is 3.23. The fourth-order valence-corrected chi connectivity index (χ4v) is 4.42. The minimum Gasteiger partial charge on any atom is -0.457 e. The third-order valence-electron chi connectivity index (χ3n) is 5.93. The highest BCUT2D eigenvalue weighted by Crippen LogP contribution is 2.53. The molecule has 0 aromatic heterocycles. The van der Waals surface area contributed by atoms with Gasteiger partial charge >= 0.3 is 11.9 Å². The summed E-state index contributed by atoms with van der Waals surface area (Å²) in [6, 6.07) is 0. The van der Waals surface area contributed by atoms with E-state index in [4.69, 9.17) is 14.4 Å². The Morgan fingerprint density at radius 1 is 1.46 bits per heavy atom. The van der Waals surface area contributed by atoms with Gasteiger partial charge in [-0.1, -0.05) is 24.3 Å². The molecule has 1 heterocycles. The van der Waals surface area contributed by atoms with Crippen LogP contribution in [0, 0.1) is 11.8 Å². The second-order valence-corrected chi connectivity index (χ2v) is 7.22. The lowest BCUT2D eigenvalue weighted by atomic mass is 9.76. The second-order valence-electron chi connectivity index (χ2n) is 7.22. The second kappa shape index (κ2) is 7.63. The molecule has 0 spiro atoms. The highest BCUT2D eigenvalue weighted by Gasteiger charge is 2.60. The summed E-state index contributed by atoms with van der Waals surface area (Å²) in [5.41, 5.74) is 0.00199. The fraction of sp³-hybridized carbons (Fsp3) is 0.500. The molecule has 0 radical (unpaired) electrons. The molecule has 3 aliphatic rings. The van der Waals surface area contributed by atoms with Crippen LogP contribution in [0.5, 0.6) is 0 Å². The third kappa shape index (κ3) is 2.93. The minimum absolute atomic E-state index is 0.0555. The van der Waals surface area contributed by atoms with Gasteiger partial charge in [0.05, 0.1) is 30.6 Å². The first kappa shape index (κ1) is 20.5. The van der Waals surface area contributed by atoms with Crippen molar-refractivity contribution in [1.82, 2.24) is 0 Å². The van der Waals surface area contributed by atoms with Gasteiger partial charge in [-0.05, 0) is 25.5 Å². The van der Waals surface area contributed by atoms with E-state index < -0.39 is 54.8 Å². The van der Waals surface area contributed by atoms with Crippen molar-refractivity contribution in [3.8, 4) is 0 Å². The van der Waals surface area contributed by atoms with Crippen molar-refractivity contribution in [2.24, 2.45) is 11.8 Å². The Balaban J connectivity index is 2.11. The van der Waals surface area contributed by atoms with E-state index in [9.17, 15) is 25.1 Å². The largest absolute Gasteiger partial charge is 0.457 e. The topological polar surface area (TPSA) is 123 Å². The molecule has 8 heteroatoms. The number of hydrogen-bond acceptors (Lipinski definition) is 8. The number of hydrogen-bond donors (Lipinski definition) is 3. The molecule has 0 amide bonds. The van der Waals surface area contributed by atoms with Crippen LogP contribution in [0.2, 0.25) is 0 Å². The molecule has 0 aromatic rings. The minimum atomic E-state index is -1.33. The predicted octanol–water partition coefficient (Wildman–Crippen LogP) is 1.06. The van der Waals surface area contributed by atoms with E-state index in [2.05, 4.69) is 6.58 Å². The first-order valence-electron chi connectivity index (χ1n) is 9.02. The van der Waals surface area contributed by atoms with Crippen LogP contribution in [0.4, 0.5) is 0 Å². The summed E-state index contributed by atoms with van der Waals surface area (Å²) in [4.78, 5) is 29.6. The van der Waals surface area contributed by atoms with Gasteiger partial charge in [0.2, 0.25) is 0 Å². The standard InChI is InChI=1S/C20H24O8/c1-4-12(8-21)19(24)26-14-7-13(9-22)20(28-25)6-5-10(2)16(20)17-15(14)11(3)18(23)27-17/h4-5,7,14-17,21-22,25H,3,6,8-9H2,1-2H3/b12-4-/t14-,15-,16-,17+,20-/m1/s1. The van der Waals surface area contributed by atoms with Crippen LogP contribution in [0.25, 0.3) is 0 Å². The molecular weight excluding hydrogens is 368 g/mol. The Labute approximate surface area is 162 Å². The number of fused-ring (bicyclic) bond motifs is 3.